The van der Waals surface area contributed by atoms with Crippen molar-refractivity contribution in [3.8, 4) is 0 Å². The van der Waals surface area contributed by atoms with Crippen LogP contribution in [0.5, 0.6) is 0 Å². The van der Waals surface area contributed by atoms with Gasteiger partial charge in [0.15, 0.2) is 0 Å². The van der Waals surface area contributed by atoms with Crippen LogP contribution in [0.3, 0.4) is 0 Å². The second kappa shape index (κ2) is 26.4. The van der Waals surface area contributed by atoms with Gasteiger partial charge in [-0.25, -0.2) is 4.79 Å². The summed E-state index contributed by atoms with van der Waals surface area (Å²) in [5.41, 5.74) is 0. The minimum atomic E-state index is -1.18. The first-order valence-corrected chi connectivity index (χ1v) is 11.7. The van der Waals surface area contributed by atoms with E-state index in [0.29, 0.717) is 6.42 Å². The number of carboxylic acid groups (broad SMARTS) is 2. The van der Waals surface area contributed by atoms with Gasteiger partial charge in [0.2, 0.25) is 5.91 Å². The van der Waals surface area contributed by atoms with Gasteiger partial charge in [-0.3, -0.25) is 9.59 Å². The molecule has 8 heteroatoms. The number of hydrogen-bond donors (Lipinski definition) is 3. The van der Waals surface area contributed by atoms with E-state index in [-0.39, 0.29) is 72.1 Å². The molecule has 31 heavy (non-hydrogen) atoms. The van der Waals surface area contributed by atoms with Gasteiger partial charge >= 0.3 is 41.5 Å². The topological polar surface area (TPSA) is 104 Å². The number of rotatable bonds is 21. The van der Waals surface area contributed by atoms with E-state index < -0.39 is 18.0 Å². The molecule has 0 aliphatic rings. The Balaban J connectivity index is -0.00000131. The molecule has 0 aromatic rings. The van der Waals surface area contributed by atoms with E-state index in [4.69, 9.17) is 10.2 Å². The average Bonchev–Trinajstić information content (AvgIpc) is 2.67. The standard InChI is InChI=1S/C23H43NO5.Au.Na.H/c1-2-3-4-5-6-7-8-9-10-11-12-13-14-15-16-17-21(25)24-20(23(28)29)18-19-22(26)27;;;/h20H,2-19H2,1H3,(H,24,25)(H,26,27)(H,28,29);;;/q;;+1;-1. The largest absolute Gasteiger partial charge is 1.00 e. The second-order valence-corrected chi connectivity index (χ2v) is 8.09. The van der Waals surface area contributed by atoms with Crippen LogP contribution in [-0.4, -0.2) is 34.1 Å². The normalized spacial score (nSPS) is 11.1. The second-order valence-electron chi connectivity index (χ2n) is 8.09. The molecule has 1 radical (unpaired) electrons. The third-order valence-electron chi connectivity index (χ3n) is 5.29. The Labute approximate surface area is 228 Å². The molecule has 0 rings (SSSR count). The predicted octanol–water partition coefficient (Wildman–Crippen LogP) is 2.80. The molecular weight excluding hydrogens is 590 g/mol. The van der Waals surface area contributed by atoms with Crippen molar-refractivity contribution >= 4 is 17.8 Å². The molecular formula is C23H44AuNNaO5. The fourth-order valence-corrected chi connectivity index (χ4v) is 3.45. The Morgan fingerprint density at radius 2 is 1.10 bits per heavy atom. The molecule has 0 saturated heterocycles. The van der Waals surface area contributed by atoms with E-state index in [0.717, 1.165) is 19.3 Å². The molecule has 0 heterocycles. The monoisotopic (exact) mass is 634 g/mol. The Bertz CT molecular complexity index is 458. The van der Waals surface area contributed by atoms with Crippen LogP contribution in [0.1, 0.15) is 124 Å². The Kier molecular flexibility index (Phi) is 30.4. The number of carbonyl (C=O) groups is 3. The number of nitrogens with one attached hydrogen (secondary N) is 1. The van der Waals surface area contributed by atoms with Crippen molar-refractivity contribution in [1.29, 1.82) is 0 Å². The number of carboxylic acids is 2. The van der Waals surface area contributed by atoms with Gasteiger partial charge < -0.3 is 17.0 Å². The Morgan fingerprint density at radius 3 is 1.45 bits per heavy atom. The van der Waals surface area contributed by atoms with Gasteiger partial charge in [0, 0.05) is 35.2 Å². The molecule has 6 nitrogen and oxygen atoms in total. The third kappa shape index (κ3) is 26.3. The quantitative estimate of drug-likeness (QED) is 0.133. The summed E-state index contributed by atoms with van der Waals surface area (Å²) in [5, 5.41) is 20.1. The third-order valence-corrected chi connectivity index (χ3v) is 5.29. The summed E-state index contributed by atoms with van der Waals surface area (Å²) in [6, 6.07) is -1.12. The zero-order chi connectivity index (χ0) is 21.7. The predicted molar refractivity (Wildman–Crippen MR) is 117 cm³/mol. The van der Waals surface area contributed by atoms with Crippen LogP contribution in [0.4, 0.5) is 0 Å². The first kappa shape index (κ1) is 35.7. The molecule has 0 fully saturated rings. The van der Waals surface area contributed by atoms with Crippen LogP contribution in [0.25, 0.3) is 0 Å². The molecule has 0 aromatic heterocycles. The van der Waals surface area contributed by atoms with E-state index in [1.807, 2.05) is 0 Å². The molecule has 0 aliphatic heterocycles. The van der Waals surface area contributed by atoms with Gasteiger partial charge in [-0.2, -0.15) is 0 Å². The van der Waals surface area contributed by atoms with Crippen molar-refractivity contribution < 1.29 is 78.0 Å². The van der Waals surface area contributed by atoms with E-state index >= 15 is 0 Å². The zero-order valence-corrected chi connectivity index (χ0v) is 23.9. The van der Waals surface area contributed by atoms with Crippen molar-refractivity contribution in [3.63, 3.8) is 0 Å². The summed E-state index contributed by atoms with van der Waals surface area (Å²) in [7, 11) is 0. The first-order valence-electron chi connectivity index (χ1n) is 11.7. The maximum Gasteiger partial charge on any atom is 1.00 e. The van der Waals surface area contributed by atoms with Gasteiger partial charge in [-0.05, 0) is 12.8 Å². The fraction of sp³-hybridized carbons (Fsp3) is 0.870. The van der Waals surface area contributed by atoms with Crippen molar-refractivity contribution in [2.45, 2.75) is 129 Å². The van der Waals surface area contributed by atoms with E-state index in [9.17, 15) is 14.4 Å². The van der Waals surface area contributed by atoms with Crippen LogP contribution in [0, 0.1) is 0 Å². The SMILES string of the molecule is CCCCCCCCCCCCCCCCCC(=O)NC(CCC(=O)O)C(=O)O.[Au].[H-].[Na+]. The van der Waals surface area contributed by atoms with Gasteiger partial charge in [-0.1, -0.05) is 96.8 Å². The summed E-state index contributed by atoms with van der Waals surface area (Å²) >= 11 is 0. The molecule has 3 N–H and O–H groups in total. The van der Waals surface area contributed by atoms with E-state index in [1.165, 1.54) is 77.0 Å². The molecule has 0 aliphatic carbocycles. The van der Waals surface area contributed by atoms with E-state index in [1.54, 1.807) is 0 Å². The number of unbranched alkanes of at least 4 members (excludes halogenated alkanes) is 14. The van der Waals surface area contributed by atoms with Crippen molar-refractivity contribution in [2.75, 3.05) is 0 Å². The first-order chi connectivity index (χ1) is 14.0. The van der Waals surface area contributed by atoms with Crippen molar-refractivity contribution in [1.82, 2.24) is 5.32 Å². The van der Waals surface area contributed by atoms with Gasteiger partial charge in [0.25, 0.3) is 0 Å². The molecule has 0 aromatic carbocycles. The molecule has 1 unspecified atom stereocenters. The van der Waals surface area contributed by atoms with Crippen LogP contribution in [0.2, 0.25) is 0 Å². The summed E-state index contributed by atoms with van der Waals surface area (Å²) in [6.45, 7) is 2.25. The maximum atomic E-state index is 11.8. The van der Waals surface area contributed by atoms with Gasteiger partial charge in [0.05, 0.1) is 0 Å². The number of hydrogen-bond acceptors (Lipinski definition) is 3. The zero-order valence-electron chi connectivity index (χ0n) is 20.7. The summed E-state index contributed by atoms with van der Waals surface area (Å²) in [4.78, 5) is 33.4. The molecule has 183 valence electrons. The van der Waals surface area contributed by atoms with Crippen molar-refractivity contribution in [2.24, 2.45) is 0 Å². The maximum absolute atomic E-state index is 11.8. The van der Waals surface area contributed by atoms with Gasteiger partial charge in [0.1, 0.15) is 6.04 Å². The summed E-state index contributed by atoms with van der Waals surface area (Å²) in [6.07, 6.45) is 18.8. The smallest absolute Gasteiger partial charge is 1.00 e. The molecule has 1 atom stereocenters. The number of aliphatic carboxylic acids is 2. The minimum absolute atomic E-state index is 0. The van der Waals surface area contributed by atoms with Gasteiger partial charge in [-0.15, -0.1) is 0 Å². The van der Waals surface area contributed by atoms with Crippen LogP contribution in [0.15, 0.2) is 0 Å². The minimum Gasteiger partial charge on any atom is -1.00 e. The number of carbonyl (C=O) groups excluding carboxylic acids is 1. The van der Waals surface area contributed by atoms with Crippen LogP contribution in [-0.2, 0) is 36.8 Å². The summed E-state index contributed by atoms with van der Waals surface area (Å²) in [5.74, 6) is -2.55. The van der Waals surface area contributed by atoms with Crippen molar-refractivity contribution in [3.05, 3.63) is 0 Å². The molecule has 0 bridgehead atoms. The Hall–Kier alpha value is 0.150. The molecule has 0 spiro atoms. The Morgan fingerprint density at radius 1 is 0.710 bits per heavy atom. The number of amides is 1. The van der Waals surface area contributed by atoms with E-state index in [2.05, 4.69) is 12.2 Å². The van der Waals surface area contributed by atoms with Crippen LogP contribution < -0.4 is 34.9 Å². The fourth-order valence-electron chi connectivity index (χ4n) is 3.45. The average molecular weight is 635 g/mol. The molecule has 0 saturated carbocycles. The molecule has 1 amide bonds. The van der Waals surface area contributed by atoms with Crippen LogP contribution >= 0.6 is 0 Å². The summed E-state index contributed by atoms with van der Waals surface area (Å²) < 4.78 is 0.